The van der Waals surface area contributed by atoms with Crippen molar-refractivity contribution in [3.8, 4) is 0 Å². The van der Waals surface area contributed by atoms with Gasteiger partial charge in [0.1, 0.15) is 0 Å². The van der Waals surface area contributed by atoms with E-state index in [1.807, 2.05) is 6.92 Å². The zero-order valence-corrected chi connectivity index (χ0v) is 9.26. The van der Waals surface area contributed by atoms with Gasteiger partial charge in [0.2, 0.25) is 17.8 Å². The van der Waals surface area contributed by atoms with Crippen molar-refractivity contribution in [2.45, 2.75) is 26.7 Å². The maximum absolute atomic E-state index is 13.1. The minimum atomic E-state index is -1.00. The number of anilines is 1. The Bertz CT molecular complexity index is 382. The molecule has 3 nitrogen and oxygen atoms in total. The van der Waals surface area contributed by atoms with Gasteiger partial charge in [-0.05, 0) is 18.6 Å². The summed E-state index contributed by atoms with van der Waals surface area (Å²) in [4.78, 5) is 14.5. The van der Waals surface area contributed by atoms with Gasteiger partial charge in [-0.15, -0.1) is 0 Å². The van der Waals surface area contributed by atoms with E-state index in [-0.39, 0.29) is 17.5 Å². The number of aromatic nitrogens is 1. The minimum absolute atomic E-state index is 0.0886. The standard InChI is InChI=1S/C11H14F2N2O/c1-3-4-7(2)11(16)14-8-5-6-9(12)15-10(8)13/h5-7H,3-4H2,1-2H3,(H,14,16). The Morgan fingerprint density at radius 3 is 2.75 bits per heavy atom. The van der Waals surface area contributed by atoms with E-state index in [0.29, 0.717) is 0 Å². The second-order valence-electron chi connectivity index (χ2n) is 3.65. The first-order valence-corrected chi connectivity index (χ1v) is 5.17. The van der Waals surface area contributed by atoms with Crippen LogP contribution in [0.4, 0.5) is 14.5 Å². The molecule has 0 aliphatic heterocycles. The van der Waals surface area contributed by atoms with Gasteiger partial charge >= 0.3 is 0 Å². The summed E-state index contributed by atoms with van der Waals surface area (Å²) < 4.78 is 25.6. The molecule has 0 aromatic carbocycles. The van der Waals surface area contributed by atoms with Crippen molar-refractivity contribution in [1.82, 2.24) is 4.98 Å². The molecule has 0 bridgehead atoms. The highest BCUT2D eigenvalue weighted by molar-refractivity contribution is 5.92. The number of rotatable bonds is 4. The summed E-state index contributed by atoms with van der Waals surface area (Å²) in [5.41, 5.74) is -0.0886. The number of amides is 1. The number of nitrogens with zero attached hydrogens (tertiary/aromatic N) is 1. The third-order valence-electron chi connectivity index (χ3n) is 2.24. The van der Waals surface area contributed by atoms with Crippen molar-refractivity contribution in [1.29, 1.82) is 0 Å². The van der Waals surface area contributed by atoms with Crippen LogP contribution in [0.3, 0.4) is 0 Å². The van der Waals surface area contributed by atoms with Crippen LogP contribution in [0.5, 0.6) is 0 Å². The maximum Gasteiger partial charge on any atom is 0.239 e. The largest absolute Gasteiger partial charge is 0.322 e. The molecular weight excluding hydrogens is 214 g/mol. The van der Waals surface area contributed by atoms with E-state index in [9.17, 15) is 13.6 Å². The van der Waals surface area contributed by atoms with Gasteiger partial charge in [0.05, 0.1) is 5.69 Å². The van der Waals surface area contributed by atoms with E-state index in [2.05, 4.69) is 10.3 Å². The Labute approximate surface area is 92.9 Å². The molecule has 88 valence electrons. The highest BCUT2D eigenvalue weighted by Gasteiger charge is 2.14. The topological polar surface area (TPSA) is 42.0 Å². The molecule has 0 saturated heterocycles. The second-order valence-corrected chi connectivity index (χ2v) is 3.65. The van der Waals surface area contributed by atoms with Gasteiger partial charge in [-0.25, -0.2) is 0 Å². The normalized spacial score (nSPS) is 12.2. The van der Waals surface area contributed by atoms with Crippen LogP contribution < -0.4 is 5.32 Å². The number of hydrogen-bond donors (Lipinski definition) is 1. The predicted molar refractivity (Wildman–Crippen MR) is 56.9 cm³/mol. The Morgan fingerprint density at radius 1 is 1.50 bits per heavy atom. The summed E-state index contributed by atoms with van der Waals surface area (Å²) >= 11 is 0. The van der Waals surface area contributed by atoms with Gasteiger partial charge in [0.25, 0.3) is 0 Å². The van der Waals surface area contributed by atoms with E-state index in [0.717, 1.165) is 25.0 Å². The lowest BCUT2D eigenvalue weighted by atomic mass is 10.1. The quantitative estimate of drug-likeness (QED) is 0.805. The van der Waals surface area contributed by atoms with Crippen LogP contribution in [-0.4, -0.2) is 10.9 Å². The average molecular weight is 228 g/mol. The summed E-state index contributed by atoms with van der Waals surface area (Å²) in [6.07, 6.45) is 1.60. The van der Waals surface area contributed by atoms with Crippen LogP contribution in [0.15, 0.2) is 12.1 Å². The third kappa shape index (κ3) is 3.25. The fourth-order valence-electron chi connectivity index (χ4n) is 1.33. The van der Waals surface area contributed by atoms with Crippen molar-refractivity contribution < 1.29 is 13.6 Å². The lowest BCUT2D eigenvalue weighted by Gasteiger charge is -2.11. The molecule has 5 heteroatoms. The molecule has 0 radical (unpaired) electrons. The van der Waals surface area contributed by atoms with Gasteiger partial charge in [0, 0.05) is 5.92 Å². The van der Waals surface area contributed by atoms with Crippen molar-refractivity contribution in [3.63, 3.8) is 0 Å². The van der Waals surface area contributed by atoms with Crippen LogP contribution in [-0.2, 0) is 4.79 Å². The van der Waals surface area contributed by atoms with E-state index in [1.165, 1.54) is 0 Å². The first kappa shape index (κ1) is 12.5. The lowest BCUT2D eigenvalue weighted by molar-refractivity contribution is -0.119. The monoisotopic (exact) mass is 228 g/mol. The third-order valence-corrected chi connectivity index (χ3v) is 2.24. The zero-order valence-electron chi connectivity index (χ0n) is 9.26. The Morgan fingerprint density at radius 2 is 2.19 bits per heavy atom. The first-order valence-electron chi connectivity index (χ1n) is 5.17. The van der Waals surface area contributed by atoms with Crippen LogP contribution in [0.2, 0.25) is 0 Å². The Hall–Kier alpha value is -1.52. The number of carbonyl (C=O) groups excluding carboxylic acids is 1. The number of nitrogens with one attached hydrogen (secondary N) is 1. The summed E-state index contributed by atoms with van der Waals surface area (Å²) in [7, 11) is 0. The van der Waals surface area contributed by atoms with Crippen LogP contribution in [0, 0.1) is 17.8 Å². The molecule has 1 aromatic rings. The summed E-state index contributed by atoms with van der Waals surface area (Å²) in [6.45, 7) is 3.72. The lowest BCUT2D eigenvalue weighted by Crippen LogP contribution is -2.21. The fourth-order valence-corrected chi connectivity index (χ4v) is 1.33. The van der Waals surface area contributed by atoms with Crippen molar-refractivity contribution in [2.75, 3.05) is 5.32 Å². The molecule has 1 N–H and O–H groups in total. The number of hydrogen-bond acceptors (Lipinski definition) is 2. The minimum Gasteiger partial charge on any atom is -0.322 e. The molecule has 1 unspecified atom stereocenters. The molecular formula is C11H14F2N2O. The van der Waals surface area contributed by atoms with E-state index in [1.54, 1.807) is 6.92 Å². The molecule has 1 rings (SSSR count). The number of carbonyl (C=O) groups is 1. The average Bonchev–Trinajstić information content (AvgIpc) is 2.22. The highest BCUT2D eigenvalue weighted by atomic mass is 19.1. The van der Waals surface area contributed by atoms with Gasteiger partial charge in [0.15, 0.2) is 0 Å². The van der Waals surface area contributed by atoms with Gasteiger partial charge in [-0.2, -0.15) is 13.8 Å². The van der Waals surface area contributed by atoms with E-state index < -0.39 is 11.9 Å². The SMILES string of the molecule is CCCC(C)C(=O)Nc1ccc(F)nc1F. The molecule has 0 saturated carbocycles. The van der Waals surface area contributed by atoms with E-state index >= 15 is 0 Å². The Balaban J connectivity index is 2.69. The van der Waals surface area contributed by atoms with Crippen molar-refractivity contribution >= 4 is 11.6 Å². The smallest absolute Gasteiger partial charge is 0.239 e. The highest BCUT2D eigenvalue weighted by Crippen LogP contribution is 2.14. The first-order chi connectivity index (χ1) is 7.54. The number of halogens is 2. The van der Waals surface area contributed by atoms with Crippen molar-refractivity contribution in [2.24, 2.45) is 5.92 Å². The molecule has 0 aliphatic carbocycles. The zero-order chi connectivity index (χ0) is 12.1. The molecule has 0 aliphatic rings. The molecule has 1 atom stereocenters. The molecule has 16 heavy (non-hydrogen) atoms. The van der Waals surface area contributed by atoms with Crippen molar-refractivity contribution in [3.05, 3.63) is 24.0 Å². The maximum atomic E-state index is 13.1. The van der Waals surface area contributed by atoms with Gasteiger partial charge in [-0.1, -0.05) is 20.3 Å². The summed E-state index contributed by atoms with van der Waals surface area (Å²) in [5.74, 6) is -2.39. The fraction of sp³-hybridized carbons (Fsp3) is 0.455. The molecule has 0 fully saturated rings. The predicted octanol–water partition coefficient (Wildman–Crippen LogP) is 2.73. The summed E-state index contributed by atoms with van der Waals surface area (Å²) in [5, 5.41) is 2.38. The molecule has 1 heterocycles. The van der Waals surface area contributed by atoms with Crippen LogP contribution in [0.1, 0.15) is 26.7 Å². The second kappa shape index (κ2) is 5.53. The van der Waals surface area contributed by atoms with Gasteiger partial charge < -0.3 is 5.32 Å². The number of pyridine rings is 1. The molecule has 1 aromatic heterocycles. The van der Waals surface area contributed by atoms with E-state index in [4.69, 9.17) is 0 Å². The Kier molecular flexibility index (Phi) is 4.34. The van der Waals surface area contributed by atoms with Crippen LogP contribution >= 0.6 is 0 Å². The van der Waals surface area contributed by atoms with Crippen LogP contribution in [0.25, 0.3) is 0 Å². The summed E-state index contributed by atoms with van der Waals surface area (Å²) in [6, 6.07) is 2.16. The molecule has 1 amide bonds. The molecule has 0 spiro atoms. The van der Waals surface area contributed by atoms with Gasteiger partial charge in [-0.3, -0.25) is 4.79 Å².